The van der Waals surface area contributed by atoms with Gasteiger partial charge in [-0.1, -0.05) is 15.9 Å². The number of imidazole rings is 1. The summed E-state index contributed by atoms with van der Waals surface area (Å²) in [4.78, 5) is 9.20. The Labute approximate surface area is 137 Å². The van der Waals surface area contributed by atoms with E-state index in [2.05, 4.69) is 33.9 Å². The third-order valence-corrected chi connectivity index (χ3v) is 4.61. The highest BCUT2D eigenvalue weighted by molar-refractivity contribution is 9.10. The van der Waals surface area contributed by atoms with Crippen molar-refractivity contribution in [1.29, 1.82) is 0 Å². The monoisotopic (exact) mass is 363 g/mol. The topological polar surface area (TPSA) is 30.7 Å². The molecule has 3 aromatic rings. The van der Waals surface area contributed by atoms with E-state index in [4.69, 9.17) is 16.6 Å². The molecule has 1 aromatic carbocycles. The lowest BCUT2D eigenvalue weighted by atomic mass is 10.2. The molecule has 21 heavy (non-hydrogen) atoms. The Morgan fingerprint density at radius 1 is 1.19 bits per heavy atom. The summed E-state index contributed by atoms with van der Waals surface area (Å²) in [5, 5.41) is -0.192. The Morgan fingerprint density at radius 3 is 2.62 bits per heavy atom. The molecule has 5 heteroatoms. The first-order valence-electron chi connectivity index (χ1n) is 6.73. The highest BCUT2D eigenvalue weighted by atomic mass is 79.9. The molecule has 1 atom stereocenters. The van der Waals surface area contributed by atoms with Crippen LogP contribution in [0.4, 0.5) is 0 Å². The summed E-state index contributed by atoms with van der Waals surface area (Å²) in [6, 6.07) is 8.16. The zero-order valence-corrected chi connectivity index (χ0v) is 14.4. The van der Waals surface area contributed by atoms with Crippen molar-refractivity contribution in [3.05, 3.63) is 51.9 Å². The van der Waals surface area contributed by atoms with Crippen LogP contribution in [0.25, 0.3) is 16.9 Å². The lowest BCUT2D eigenvalue weighted by Gasteiger charge is -2.11. The smallest absolute Gasteiger partial charge is 0.164 e. The molecule has 0 saturated carbocycles. The second kappa shape index (κ2) is 5.43. The fraction of sp³-hybridized carbons (Fsp3) is 0.250. The highest BCUT2D eigenvalue weighted by Crippen LogP contribution is 2.29. The van der Waals surface area contributed by atoms with E-state index in [1.165, 1.54) is 0 Å². The van der Waals surface area contributed by atoms with Gasteiger partial charge in [0.15, 0.2) is 5.65 Å². The molecule has 1 unspecified atom stereocenters. The molecule has 2 heterocycles. The van der Waals surface area contributed by atoms with Crippen LogP contribution >= 0.6 is 27.5 Å². The van der Waals surface area contributed by atoms with Gasteiger partial charge in [0.2, 0.25) is 0 Å². The van der Waals surface area contributed by atoms with Crippen molar-refractivity contribution in [2.75, 3.05) is 0 Å². The molecule has 0 fully saturated rings. The summed E-state index contributed by atoms with van der Waals surface area (Å²) in [5.41, 5.74) is 5.04. The predicted molar refractivity (Wildman–Crippen MR) is 90.3 cm³/mol. The summed E-state index contributed by atoms with van der Waals surface area (Å²) in [7, 11) is 0. The molecular weight excluding hydrogens is 350 g/mol. The summed E-state index contributed by atoms with van der Waals surface area (Å²) in [6.07, 6.45) is 1.81. The summed E-state index contributed by atoms with van der Waals surface area (Å²) < 4.78 is 3.12. The van der Waals surface area contributed by atoms with E-state index in [0.717, 1.165) is 38.3 Å². The van der Waals surface area contributed by atoms with Gasteiger partial charge < -0.3 is 0 Å². The summed E-state index contributed by atoms with van der Waals surface area (Å²) in [6.45, 7) is 6.03. The minimum absolute atomic E-state index is 0.192. The normalized spacial score (nSPS) is 12.8. The van der Waals surface area contributed by atoms with Gasteiger partial charge in [0.25, 0.3) is 0 Å². The second-order valence-corrected chi connectivity index (χ2v) is 6.66. The van der Waals surface area contributed by atoms with Gasteiger partial charge in [-0.15, -0.1) is 11.6 Å². The molecule has 0 aliphatic heterocycles. The number of fused-ring (bicyclic) bond motifs is 1. The van der Waals surface area contributed by atoms with Gasteiger partial charge in [-0.25, -0.2) is 9.97 Å². The Bertz CT molecular complexity index is 824. The standard InChI is InChI=1S/C16H15BrClN3/c1-9-6-7-19-16-14(9)20-15(11(3)18)21(16)12-4-5-13(17)10(2)8-12/h4-8,11H,1-3H3. The van der Waals surface area contributed by atoms with Gasteiger partial charge in [-0.05, 0) is 56.2 Å². The Hall–Kier alpha value is -1.39. The molecule has 2 aromatic heterocycles. The number of halogens is 2. The minimum Gasteiger partial charge on any atom is -0.279 e. The zero-order valence-electron chi connectivity index (χ0n) is 12.1. The quantitative estimate of drug-likeness (QED) is 0.592. The Morgan fingerprint density at radius 2 is 1.95 bits per heavy atom. The molecule has 3 rings (SSSR count). The van der Waals surface area contributed by atoms with Crippen LogP contribution in [0.1, 0.15) is 29.3 Å². The van der Waals surface area contributed by atoms with Gasteiger partial charge in [0.05, 0.1) is 5.38 Å². The van der Waals surface area contributed by atoms with Crippen LogP contribution in [0.2, 0.25) is 0 Å². The maximum absolute atomic E-state index is 6.33. The Balaban J connectivity index is 2.36. The maximum atomic E-state index is 6.33. The van der Waals surface area contributed by atoms with E-state index < -0.39 is 0 Å². The summed E-state index contributed by atoms with van der Waals surface area (Å²) in [5.74, 6) is 0.815. The lowest BCUT2D eigenvalue weighted by Crippen LogP contribution is -2.03. The number of rotatable bonds is 2. The number of hydrogen-bond donors (Lipinski definition) is 0. The van der Waals surface area contributed by atoms with Crippen LogP contribution in [-0.2, 0) is 0 Å². The van der Waals surface area contributed by atoms with Gasteiger partial charge >= 0.3 is 0 Å². The molecule has 0 amide bonds. The lowest BCUT2D eigenvalue weighted by molar-refractivity contribution is 0.876. The van der Waals surface area contributed by atoms with Crippen LogP contribution in [0.15, 0.2) is 34.9 Å². The minimum atomic E-state index is -0.192. The van der Waals surface area contributed by atoms with Gasteiger partial charge in [-0.3, -0.25) is 4.57 Å². The van der Waals surface area contributed by atoms with Crippen molar-refractivity contribution in [2.24, 2.45) is 0 Å². The highest BCUT2D eigenvalue weighted by Gasteiger charge is 2.18. The molecular formula is C16H15BrClN3. The van der Waals surface area contributed by atoms with E-state index in [0.29, 0.717) is 0 Å². The zero-order chi connectivity index (χ0) is 15.1. The number of nitrogens with zero attached hydrogens (tertiary/aromatic N) is 3. The van der Waals surface area contributed by atoms with Gasteiger partial charge in [0, 0.05) is 16.4 Å². The average molecular weight is 365 g/mol. The SMILES string of the molecule is Cc1cc(-n2c(C(C)Cl)nc3c(C)ccnc32)ccc1Br. The first-order valence-corrected chi connectivity index (χ1v) is 7.96. The van der Waals surface area contributed by atoms with E-state index in [1.807, 2.05) is 42.8 Å². The van der Waals surface area contributed by atoms with Gasteiger partial charge in [0.1, 0.15) is 11.3 Å². The number of alkyl halides is 1. The van der Waals surface area contributed by atoms with Crippen LogP contribution in [0.3, 0.4) is 0 Å². The molecule has 0 radical (unpaired) electrons. The molecule has 0 bridgehead atoms. The first kappa shape index (κ1) is 14.5. The molecule has 0 saturated heterocycles. The molecule has 0 aliphatic rings. The van der Waals surface area contributed by atoms with E-state index >= 15 is 0 Å². The number of benzene rings is 1. The predicted octanol–water partition coefficient (Wildman–Crippen LogP) is 5.10. The fourth-order valence-corrected chi connectivity index (χ4v) is 2.79. The van der Waals surface area contributed by atoms with Crippen molar-refractivity contribution >= 4 is 38.7 Å². The molecule has 0 N–H and O–H groups in total. The number of hydrogen-bond acceptors (Lipinski definition) is 2. The molecule has 0 aliphatic carbocycles. The van der Waals surface area contributed by atoms with Crippen molar-refractivity contribution in [3.63, 3.8) is 0 Å². The van der Waals surface area contributed by atoms with E-state index in [-0.39, 0.29) is 5.38 Å². The van der Waals surface area contributed by atoms with Crippen molar-refractivity contribution < 1.29 is 0 Å². The average Bonchev–Trinajstić information content (AvgIpc) is 2.83. The van der Waals surface area contributed by atoms with Crippen LogP contribution in [0.5, 0.6) is 0 Å². The molecule has 0 spiro atoms. The van der Waals surface area contributed by atoms with Crippen LogP contribution < -0.4 is 0 Å². The fourth-order valence-electron chi connectivity index (χ4n) is 2.40. The Kier molecular flexibility index (Phi) is 3.76. The summed E-state index contributed by atoms with van der Waals surface area (Å²) >= 11 is 9.87. The second-order valence-electron chi connectivity index (χ2n) is 5.15. The van der Waals surface area contributed by atoms with E-state index in [9.17, 15) is 0 Å². The third-order valence-electron chi connectivity index (χ3n) is 3.53. The largest absolute Gasteiger partial charge is 0.279 e. The van der Waals surface area contributed by atoms with E-state index in [1.54, 1.807) is 0 Å². The van der Waals surface area contributed by atoms with Crippen LogP contribution in [-0.4, -0.2) is 14.5 Å². The molecule has 108 valence electrons. The third kappa shape index (κ3) is 2.47. The first-order chi connectivity index (χ1) is 9.99. The van der Waals surface area contributed by atoms with Crippen molar-refractivity contribution in [3.8, 4) is 5.69 Å². The van der Waals surface area contributed by atoms with Crippen molar-refractivity contribution in [1.82, 2.24) is 14.5 Å². The van der Waals surface area contributed by atoms with Crippen molar-refractivity contribution in [2.45, 2.75) is 26.1 Å². The molecule has 3 nitrogen and oxygen atoms in total. The number of aromatic nitrogens is 3. The van der Waals surface area contributed by atoms with Gasteiger partial charge in [-0.2, -0.15) is 0 Å². The number of aryl methyl sites for hydroxylation is 2. The number of pyridine rings is 1. The maximum Gasteiger partial charge on any atom is 0.164 e. The van der Waals surface area contributed by atoms with Crippen LogP contribution in [0, 0.1) is 13.8 Å².